The highest BCUT2D eigenvalue weighted by atomic mass is 32.2. The van der Waals surface area contributed by atoms with E-state index in [2.05, 4.69) is 0 Å². The molecule has 84 valence electrons. The Balaban J connectivity index is 2.54. The molecule has 1 aliphatic carbocycles. The number of hydrogen-bond acceptors (Lipinski definition) is 3. The number of nitrogens with two attached hydrogens (primary N) is 1. The van der Waals surface area contributed by atoms with Crippen LogP contribution in [0.5, 0.6) is 0 Å². The maximum absolute atomic E-state index is 11.9. The van der Waals surface area contributed by atoms with Gasteiger partial charge in [0.15, 0.2) is 9.84 Å². The van der Waals surface area contributed by atoms with Crippen molar-refractivity contribution in [2.24, 2.45) is 11.7 Å². The van der Waals surface area contributed by atoms with Crippen LogP contribution in [0.15, 0.2) is 0 Å². The zero-order valence-electron chi connectivity index (χ0n) is 8.91. The summed E-state index contributed by atoms with van der Waals surface area (Å²) in [5, 5.41) is -0.0785. The van der Waals surface area contributed by atoms with Gasteiger partial charge in [-0.2, -0.15) is 0 Å². The molecule has 0 amide bonds. The van der Waals surface area contributed by atoms with Gasteiger partial charge in [0.05, 0.1) is 11.0 Å². The molecule has 14 heavy (non-hydrogen) atoms. The van der Waals surface area contributed by atoms with E-state index in [1.165, 1.54) is 6.42 Å². The normalized spacial score (nSPS) is 22.1. The van der Waals surface area contributed by atoms with E-state index in [1.807, 2.05) is 6.92 Å². The fourth-order valence-electron chi connectivity index (χ4n) is 2.02. The molecular weight excluding hydrogens is 198 g/mol. The Morgan fingerprint density at radius 1 is 1.29 bits per heavy atom. The third-order valence-electron chi connectivity index (χ3n) is 2.98. The van der Waals surface area contributed by atoms with E-state index in [4.69, 9.17) is 5.73 Å². The molecule has 0 heterocycles. The molecule has 4 heteroatoms. The van der Waals surface area contributed by atoms with Gasteiger partial charge in [-0.3, -0.25) is 0 Å². The summed E-state index contributed by atoms with van der Waals surface area (Å²) >= 11 is 0. The zero-order valence-corrected chi connectivity index (χ0v) is 9.72. The molecule has 1 unspecified atom stereocenters. The second kappa shape index (κ2) is 5.12. The summed E-state index contributed by atoms with van der Waals surface area (Å²) in [5.74, 6) is 0.371. The first-order chi connectivity index (χ1) is 6.56. The highest BCUT2D eigenvalue weighted by molar-refractivity contribution is 7.92. The van der Waals surface area contributed by atoms with E-state index in [9.17, 15) is 8.42 Å². The van der Waals surface area contributed by atoms with Gasteiger partial charge in [0.1, 0.15) is 0 Å². The van der Waals surface area contributed by atoms with Gasteiger partial charge in [0.2, 0.25) is 0 Å². The third-order valence-corrected chi connectivity index (χ3v) is 5.50. The summed E-state index contributed by atoms with van der Waals surface area (Å²) in [7, 11) is -2.87. The van der Waals surface area contributed by atoms with E-state index in [-0.39, 0.29) is 16.9 Å². The Kier molecular flexibility index (Phi) is 4.38. The Labute approximate surface area is 87.0 Å². The van der Waals surface area contributed by atoms with Crippen LogP contribution in [0, 0.1) is 5.92 Å². The topological polar surface area (TPSA) is 60.2 Å². The molecule has 0 aromatic heterocycles. The van der Waals surface area contributed by atoms with Gasteiger partial charge in [-0.1, -0.05) is 26.2 Å². The molecule has 2 N–H and O–H groups in total. The van der Waals surface area contributed by atoms with Crippen LogP contribution in [0.3, 0.4) is 0 Å². The summed E-state index contributed by atoms with van der Waals surface area (Å²) < 4.78 is 23.8. The Morgan fingerprint density at radius 2 is 1.86 bits per heavy atom. The van der Waals surface area contributed by atoms with Crippen LogP contribution in [0.1, 0.15) is 39.0 Å². The van der Waals surface area contributed by atoms with Gasteiger partial charge in [-0.25, -0.2) is 8.42 Å². The van der Waals surface area contributed by atoms with Crippen molar-refractivity contribution >= 4 is 9.84 Å². The fraction of sp³-hybridized carbons (Fsp3) is 1.00. The fourth-order valence-corrected chi connectivity index (χ4v) is 4.28. The van der Waals surface area contributed by atoms with Crippen LogP contribution in [-0.4, -0.2) is 26.0 Å². The molecule has 0 bridgehead atoms. The number of rotatable bonds is 4. The molecule has 0 saturated heterocycles. The van der Waals surface area contributed by atoms with E-state index in [0.29, 0.717) is 6.54 Å². The first-order valence-corrected chi connectivity index (χ1v) is 7.19. The van der Waals surface area contributed by atoms with Crippen LogP contribution in [-0.2, 0) is 9.84 Å². The maximum Gasteiger partial charge on any atom is 0.153 e. The van der Waals surface area contributed by atoms with Crippen LogP contribution >= 0.6 is 0 Å². The minimum atomic E-state index is -2.87. The monoisotopic (exact) mass is 219 g/mol. The van der Waals surface area contributed by atoms with Crippen molar-refractivity contribution in [3.63, 3.8) is 0 Å². The molecular formula is C10H21NO2S. The van der Waals surface area contributed by atoms with E-state index in [0.717, 1.165) is 25.7 Å². The van der Waals surface area contributed by atoms with E-state index >= 15 is 0 Å². The van der Waals surface area contributed by atoms with E-state index < -0.39 is 9.84 Å². The quantitative estimate of drug-likeness (QED) is 0.776. The minimum absolute atomic E-state index is 0.0785. The van der Waals surface area contributed by atoms with Gasteiger partial charge in [0.25, 0.3) is 0 Å². The lowest BCUT2D eigenvalue weighted by Crippen LogP contribution is -2.31. The SMILES string of the molecule is CC(CN)CS(=O)(=O)C1CCCCC1. The number of hydrogen-bond donors (Lipinski definition) is 1. The molecule has 0 aromatic rings. The van der Waals surface area contributed by atoms with E-state index in [1.54, 1.807) is 0 Å². The van der Waals surface area contributed by atoms with Crippen LogP contribution in [0.4, 0.5) is 0 Å². The average molecular weight is 219 g/mol. The molecule has 1 rings (SSSR count). The summed E-state index contributed by atoms with van der Waals surface area (Å²) in [6.07, 6.45) is 5.06. The van der Waals surface area contributed by atoms with Crippen LogP contribution in [0.2, 0.25) is 0 Å². The molecule has 0 radical (unpaired) electrons. The Hall–Kier alpha value is -0.0900. The highest BCUT2D eigenvalue weighted by Gasteiger charge is 2.28. The summed E-state index contributed by atoms with van der Waals surface area (Å²) in [6.45, 7) is 2.37. The molecule has 1 saturated carbocycles. The highest BCUT2D eigenvalue weighted by Crippen LogP contribution is 2.25. The van der Waals surface area contributed by atoms with Gasteiger partial charge < -0.3 is 5.73 Å². The van der Waals surface area contributed by atoms with Crippen LogP contribution in [0.25, 0.3) is 0 Å². The average Bonchev–Trinajstić information content (AvgIpc) is 2.18. The third kappa shape index (κ3) is 3.24. The lowest BCUT2D eigenvalue weighted by Gasteiger charge is -2.23. The summed E-state index contributed by atoms with van der Waals surface area (Å²) in [4.78, 5) is 0. The standard InChI is InChI=1S/C10H21NO2S/c1-9(7-11)8-14(12,13)10-5-3-2-4-6-10/h9-10H,2-8,11H2,1H3. The van der Waals surface area contributed by atoms with Crippen molar-refractivity contribution in [1.29, 1.82) is 0 Å². The smallest absolute Gasteiger partial charge is 0.153 e. The Bertz CT molecular complexity index is 255. The molecule has 0 aliphatic heterocycles. The predicted molar refractivity (Wildman–Crippen MR) is 58.9 cm³/mol. The van der Waals surface area contributed by atoms with Crippen molar-refractivity contribution < 1.29 is 8.42 Å². The van der Waals surface area contributed by atoms with Gasteiger partial charge >= 0.3 is 0 Å². The zero-order chi connectivity index (χ0) is 10.6. The predicted octanol–water partition coefficient (Wildman–Crippen LogP) is 1.33. The van der Waals surface area contributed by atoms with Gasteiger partial charge in [-0.05, 0) is 25.3 Å². The van der Waals surface area contributed by atoms with Crippen LogP contribution < -0.4 is 5.73 Å². The van der Waals surface area contributed by atoms with Crippen molar-refractivity contribution in [2.45, 2.75) is 44.3 Å². The Morgan fingerprint density at radius 3 is 2.36 bits per heavy atom. The van der Waals surface area contributed by atoms with Crippen molar-refractivity contribution in [3.05, 3.63) is 0 Å². The first kappa shape index (κ1) is 12.0. The lowest BCUT2D eigenvalue weighted by atomic mass is 10.0. The lowest BCUT2D eigenvalue weighted by molar-refractivity contribution is 0.478. The molecule has 0 spiro atoms. The second-order valence-corrected chi connectivity index (χ2v) is 6.76. The number of sulfone groups is 1. The molecule has 1 aliphatic rings. The van der Waals surface area contributed by atoms with Gasteiger partial charge in [0, 0.05) is 0 Å². The molecule has 3 nitrogen and oxygen atoms in total. The molecule has 0 aromatic carbocycles. The second-order valence-electron chi connectivity index (χ2n) is 4.43. The largest absolute Gasteiger partial charge is 0.330 e. The summed E-state index contributed by atoms with van der Waals surface area (Å²) in [5.41, 5.74) is 5.44. The van der Waals surface area contributed by atoms with Crippen molar-refractivity contribution in [1.82, 2.24) is 0 Å². The molecule has 1 atom stereocenters. The van der Waals surface area contributed by atoms with Crippen molar-refractivity contribution in [2.75, 3.05) is 12.3 Å². The maximum atomic E-state index is 11.9. The molecule has 1 fully saturated rings. The minimum Gasteiger partial charge on any atom is -0.330 e. The summed E-state index contributed by atoms with van der Waals surface area (Å²) in [6, 6.07) is 0. The van der Waals surface area contributed by atoms with Gasteiger partial charge in [-0.15, -0.1) is 0 Å². The first-order valence-electron chi connectivity index (χ1n) is 5.48. The van der Waals surface area contributed by atoms with Crippen molar-refractivity contribution in [3.8, 4) is 0 Å².